The van der Waals surface area contributed by atoms with Crippen molar-refractivity contribution in [2.75, 3.05) is 0 Å². The van der Waals surface area contributed by atoms with Crippen molar-refractivity contribution in [3.05, 3.63) is 29.3 Å². The van der Waals surface area contributed by atoms with E-state index in [2.05, 4.69) is 5.32 Å². The van der Waals surface area contributed by atoms with Gasteiger partial charge in [0.15, 0.2) is 0 Å². The number of carbonyl (C=O) groups excluding carboxylic acids is 1. The zero-order valence-corrected chi connectivity index (χ0v) is 12.8. The van der Waals surface area contributed by atoms with Crippen LogP contribution in [0.1, 0.15) is 41.6 Å². The van der Waals surface area contributed by atoms with Crippen LogP contribution in [0.3, 0.4) is 0 Å². The van der Waals surface area contributed by atoms with Crippen LogP contribution in [-0.2, 0) is 10.0 Å². The summed E-state index contributed by atoms with van der Waals surface area (Å²) in [7, 11) is -3.90. The van der Waals surface area contributed by atoms with E-state index < -0.39 is 10.0 Å². The first-order chi connectivity index (χ1) is 9.86. The van der Waals surface area contributed by atoms with Gasteiger partial charge in [-0.05, 0) is 56.6 Å². The number of benzene rings is 1. The van der Waals surface area contributed by atoms with Crippen LogP contribution in [0.25, 0.3) is 0 Å². The van der Waals surface area contributed by atoms with Crippen LogP contribution in [0.4, 0.5) is 0 Å². The summed E-state index contributed by atoms with van der Waals surface area (Å²) in [5, 5.41) is 8.25. The number of nitrogens with two attached hydrogens (primary N) is 1. The first kappa shape index (κ1) is 14.5. The van der Waals surface area contributed by atoms with E-state index in [1.165, 1.54) is 6.07 Å². The zero-order chi connectivity index (χ0) is 15.2. The Morgan fingerprint density at radius 1 is 1.24 bits per heavy atom. The lowest BCUT2D eigenvalue weighted by Crippen LogP contribution is -2.39. The maximum atomic E-state index is 12.5. The summed E-state index contributed by atoms with van der Waals surface area (Å²) in [5.41, 5.74) is 0.991. The Labute approximate surface area is 125 Å². The number of primary sulfonamides is 1. The first-order valence-electron chi connectivity index (χ1n) is 7.30. The maximum Gasteiger partial charge on any atom is 0.252 e. The second-order valence-electron chi connectivity index (χ2n) is 6.22. The predicted molar refractivity (Wildman–Crippen MR) is 79.3 cm³/mol. The Morgan fingerprint density at radius 2 is 1.81 bits per heavy atom. The van der Waals surface area contributed by atoms with Crippen molar-refractivity contribution < 1.29 is 13.2 Å². The summed E-state index contributed by atoms with van der Waals surface area (Å²) in [6.07, 6.45) is 4.60. The summed E-state index contributed by atoms with van der Waals surface area (Å²) in [5.74, 6) is 0.792. The van der Waals surface area contributed by atoms with Gasteiger partial charge in [0, 0.05) is 6.04 Å². The number of carbonyl (C=O) groups is 1. The van der Waals surface area contributed by atoms with Crippen molar-refractivity contribution in [3.63, 3.8) is 0 Å². The van der Waals surface area contributed by atoms with Gasteiger partial charge in [-0.2, -0.15) is 0 Å². The van der Waals surface area contributed by atoms with E-state index in [-0.39, 0.29) is 22.4 Å². The molecule has 1 amide bonds. The van der Waals surface area contributed by atoms with Crippen molar-refractivity contribution in [2.45, 2.75) is 43.5 Å². The second kappa shape index (κ2) is 5.10. The summed E-state index contributed by atoms with van der Waals surface area (Å²) in [6.45, 7) is 1.82. The normalized spacial score (nSPS) is 18.8. The predicted octanol–water partition coefficient (Wildman–Crippen LogP) is 1.56. The molecule has 0 atom stereocenters. The van der Waals surface area contributed by atoms with Crippen molar-refractivity contribution in [1.29, 1.82) is 0 Å². The van der Waals surface area contributed by atoms with Crippen LogP contribution in [-0.4, -0.2) is 20.4 Å². The molecule has 0 aliphatic heterocycles. The van der Waals surface area contributed by atoms with Gasteiger partial charge in [-0.25, -0.2) is 13.6 Å². The number of hydrogen-bond acceptors (Lipinski definition) is 3. The summed E-state index contributed by atoms with van der Waals surface area (Å²) < 4.78 is 23.3. The molecule has 5 nitrogen and oxygen atoms in total. The summed E-state index contributed by atoms with van der Waals surface area (Å²) in [4.78, 5) is 12.4. The molecule has 0 spiro atoms. The third-order valence-corrected chi connectivity index (χ3v) is 5.21. The molecule has 2 aliphatic carbocycles. The number of rotatable bonds is 5. The Kier molecular flexibility index (Phi) is 3.53. The SMILES string of the molecule is Cc1ccc(S(N)(=O)=O)c(C(=O)NC(C2CC2)C2CC2)c1. The van der Waals surface area contributed by atoms with Crippen LogP contribution in [0, 0.1) is 18.8 Å². The monoisotopic (exact) mass is 308 g/mol. The molecular formula is C15H20N2O3S. The summed E-state index contributed by atoms with van der Waals surface area (Å²) >= 11 is 0. The van der Waals surface area contributed by atoms with Gasteiger partial charge in [0.25, 0.3) is 5.91 Å². The Morgan fingerprint density at radius 3 is 2.29 bits per heavy atom. The fourth-order valence-electron chi connectivity index (χ4n) is 2.83. The smallest absolute Gasteiger partial charge is 0.252 e. The minimum absolute atomic E-state index is 0.101. The maximum absolute atomic E-state index is 12.5. The average Bonchev–Trinajstić information content (AvgIpc) is 3.26. The molecular weight excluding hydrogens is 288 g/mol. The largest absolute Gasteiger partial charge is 0.349 e. The molecule has 1 aromatic carbocycles. The molecule has 2 aliphatic rings. The average molecular weight is 308 g/mol. The number of amides is 1. The van der Waals surface area contributed by atoms with Gasteiger partial charge in [-0.15, -0.1) is 0 Å². The zero-order valence-electron chi connectivity index (χ0n) is 12.0. The molecule has 6 heteroatoms. The van der Waals surface area contributed by atoms with E-state index in [4.69, 9.17) is 5.14 Å². The lowest BCUT2D eigenvalue weighted by atomic mass is 10.1. The van der Waals surface area contributed by atoms with Crippen LogP contribution >= 0.6 is 0 Å². The van der Waals surface area contributed by atoms with E-state index >= 15 is 0 Å². The molecule has 0 heterocycles. The number of hydrogen-bond donors (Lipinski definition) is 2. The van der Waals surface area contributed by atoms with Gasteiger partial charge in [-0.3, -0.25) is 4.79 Å². The lowest BCUT2D eigenvalue weighted by Gasteiger charge is -2.18. The fraction of sp³-hybridized carbons (Fsp3) is 0.533. The number of sulfonamides is 1. The van der Waals surface area contributed by atoms with Crippen molar-refractivity contribution >= 4 is 15.9 Å². The Bertz CT molecular complexity index is 664. The molecule has 2 fully saturated rings. The Balaban J connectivity index is 1.88. The quantitative estimate of drug-likeness (QED) is 0.865. The van der Waals surface area contributed by atoms with Crippen molar-refractivity contribution in [1.82, 2.24) is 5.32 Å². The molecule has 1 aromatic rings. The van der Waals surface area contributed by atoms with E-state index in [0.29, 0.717) is 11.8 Å². The molecule has 0 unspecified atom stereocenters. The Hall–Kier alpha value is -1.40. The molecule has 0 radical (unpaired) electrons. The van der Waals surface area contributed by atoms with Crippen LogP contribution in [0.5, 0.6) is 0 Å². The highest BCUT2D eigenvalue weighted by atomic mass is 32.2. The number of nitrogens with one attached hydrogen (secondary N) is 1. The van der Waals surface area contributed by atoms with Gasteiger partial charge < -0.3 is 5.32 Å². The van der Waals surface area contributed by atoms with Gasteiger partial charge in [0.2, 0.25) is 10.0 Å². The molecule has 0 aromatic heterocycles. The molecule has 0 saturated heterocycles. The standard InChI is InChI=1S/C15H20N2O3S/c1-9-2-7-13(21(16,19)20)12(8-9)15(18)17-14(10-3-4-10)11-5-6-11/h2,7-8,10-11,14H,3-6H2,1H3,(H,17,18)(H2,16,19,20). The van der Waals surface area contributed by atoms with Gasteiger partial charge in [-0.1, -0.05) is 11.6 Å². The topological polar surface area (TPSA) is 89.3 Å². The lowest BCUT2D eigenvalue weighted by molar-refractivity contribution is 0.0923. The van der Waals surface area contributed by atoms with Gasteiger partial charge in [0.05, 0.1) is 10.5 Å². The van der Waals surface area contributed by atoms with Crippen molar-refractivity contribution in [3.8, 4) is 0 Å². The molecule has 0 bridgehead atoms. The van der Waals surface area contributed by atoms with E-state index in [9.17, 15) is 13.2 Å². The van der Waals surface area contributed by atoms with Crippen LogP contribution in [0.2, 0.25) is 0 Å². The molecule has 114 valence electrons. The summed E-state index contributed by atoms with van der Waals surface area (Å²) in [6, 6.07) is 4.83. The van der Waals surface area contributed by atoms with Gasteiger partial charge in [0.1, 0.15) is 0 Å². The first-order valence-corrected chi connectivity index (χ1v) is 8.85. The van der Waals surface area contributed by atoms with E-state index in [1.807, 2.05) is 6.92 Å². The highest BCUT2D eigenvalue weighted by Crippen LogP contribution is 2.44. The highest BCUT2D eigenvalue weighted by Gasteiger charge is 2.42. The molecule has 2 saturated carbocycles. The third kappa shape index (κ3) is 3.27. The minimum Gasteiger partial charge on any atom is -0.349 e. The van der Waals surface area contributed by atoms with Crippen LogP contribution < -0.4 is 10.5 Å². The molecule has 3 rings (SSSR count). The third-order valence-electron chi connectivity index (χ3n) is 4.24. The van der Waals surface area contributed by atoms with E-state index in [0.717, 1.165) is 31.2 Å². The van der Waals surface area contributed by atoms with Crippen molar-refractivity contribution in [2.24, 2.45) is 17.0 Å². The second-order valence-corrected chi connectivity index (χ2v) is 7.75. The number of aryl methyl sites for hydroxylation is 1. The molecule has 21 heavy (non-hydrogen) atoms. The molecule has 3 N–H and O–H groups in total. The minimum atomic E-state index is -3.90. The van der Waals surface area contributed by atoms with Crippen LogP contribution in [0.15, 0.2) is 23.1 Å². The highest BCUT2D eigenvalue weighted by molar-refractivity contribution is 7.89. The van der Waals surface area contributed by atoms with Gasteiger partial charge >= 0.3 is 0 Å². The van der Waals surface area contributed by atoms with E-state index in [1.54, 1.807) is 12.1 Å². The fourth-order valence-corrected chi connectivity index (χ4v) is 3.55.